The van der Waals surface area contributed by atoms with Crippen LogP contribution in [0.15, 0.2) is 47.1 Å². The Kier molecular flexibility index (Phi) is 5.73. The zero-order chi connectivity index (χ0) is 18.5. The summed E-state index contributed by atoms with van der Waals surface area (Å²) in [6, 6.07) is 11.3. The third-order valence-electron chi connectivity index (χ3n) is 4.60. The molecule has 1 fully saturated rings. The molecule has 1 aliphatic heterocycles. The first-order chi connectivity index (χ1) is 12.5. The van der Waals surface area contributed by atoms with Gasteiger partial charge in [0.1, 0.15) is 0 Å². The molecule has 0 radical (unpaired) electrons. The lowest BCUT2D eigenvalue weighted by Crippen LogP contribution is -2.50. The quantitative estimate of drug-likeness (QED) is 0.896. The van der Waals surface area contributed by atoms with Gasteiger partial charge in [-0.15, -0.1) is 0 Å². The fraction of sp³-hybridized carbons (Fsp3) is 0.400. The van der Waals surface area contributed by atoms with Crippen LogP contribution in [-0.4, -0.2) is 54.3 Å². The molecule has 0 atom stereocenters. The Balaban J connectivity index is 1.47. The van der Waals surface area contributed by atoms with Crippen molar-refractivity contribution in [3.63, 3.8) is 0 Å². The number of hydrogen-bond acceptors (Lipinski definition) is 4. The second-order valence-corrected chi connectivity index (χ2v) is 6.87. The lowest BCUT2D eigenvalue weighted by molar-refractivity contribution is -0.117. The number of carbonyl (C=O) groups is 2. The van der Waals surface area contributed by atoms with Crippen LogP contribution in [-0.2, 0) is 4.79 Å². The van der Waals surface area contributed by atoms with Crippen LogP contribution in [0.5, 0.6) is 0 Å². The van der Waals surface area contributed by atoms with Gasteiger partial charge in [-0.1, -0.05) is 26.0 Å². The minimum Gasteiger partial charge on any atom is -0.459 e. The van der Waals surface area contributed by atoms with E-state index in [1.165, 1.54) is 11.8 Å². The largest absolute Gasteiger partial charge is 0.459 e. The second-order valence-electron chi connectivity index (χ2n) is 6.87. The summed E-state index contributed by atoms with van der Waals surface area (Å²) in [6.45, 7) is 7.12. The van der Waals surface area contributed by atoms with Gasteiger partial charge in [0.15, 0.2) is 5.76 Å². The van der Waals surface area contributed by atoms with Gasteiger partial charge in [0.25, 0.3) is 5.91 Å². The maximum atomic E-state index is 12.3. The average Bonchev–Trinajstić information content (AvgIpc) is 3.16. The predicted octanol–water partition coefficient (Wildman–Crippen LogP) is 2.80. The number of anilines is 1. The molecule has 0 aliphatic carbocycles. The summed E-state index contributed by atoms with van der Waals surface area (Å²) in [6.07, 6.45) is 1.50. The molecule has 138 valence electrons. The maximum absolute atomic E-state index is 12.3. The monoisotopic (exact) mass is 355 g/mol. The number of furan rings is 1. The van der Waals surface area contributed by atoms with Crippen molar-refractivity contribution in [3.05, 3.63) is 54.0 Å². The van der Waals surface area contributed by atoms with E-state index in [1.54, 1.807) is 17.0 Å². The average molecular weight is 355 g/mol. The molecule has 2 heterocycles. The Morgan fingerprint density at radius 3 is 2.54 bits per heavy atom. The summed E-state index contributed by atoms with van der Waals surface area (Å²) >= 11 is 0. The summed E-state index contributed by atoms with van der Waals surface area (Å²) in [5.74, 6) is 0.661. The van der Waals surface area contributed by atoms with E-state index in [9.17, 15) is 9.59 Å². The van der Waals surface area contributed by atoms with Gasteiger partial charge >= 0.3 is 0 Å². The highest BCUT2D eigenvalue weighted by atomic mass is 16.3. The van der Waals surface area contributed by atoms with Crippen LogP contribution in [0, 0.1) is 0 Å². The standard InChI is InChI=1S/C20H25N3O3/c1-15(2)16-5-3-6-17(13-16)21-19(24)14-22-8-10-23(11-9-22)20(25)18-7-4-12-26-18/h3-7,12-13,15H,8-11,14H2,1-2H3,(H,21,24). The first kappa shape index (κ1) is 18.2. The zero-order valence-corrected chi connectivity index (χ0v) is 15.3. The summed E-state index contributed by atoms with van der Waals surface area (Å²) in [4.78, 5) is 28.4. The predicted molar refractivity (Wildman–Crippen MR) is 100 cm³/mol. The topological polar surface area (TPSA) is 65.8 Å². The molecule has 1 aromatic heterocycles. The molecule has 1 aliphatic rings. The van der Waals surface area contributed by atoms with E-state index in [0.29, 0.717) is 44.4 Å². The molecular formula is C20H25N3O3. The molecule has 0 bridgehead atoms. The molecule has 2 amide bonds. The second kappa shape index (κ2) is 8.19. The first-order valence-electron chi connectivity index (χ1n) is 8.98. The van der Waals surface area contributed by atoms with E-state index in [2.05, 4.69) is 30.1 Å². The van der Waals surface area contributed by atoms with Crippen molar-refractivity contribution in [3.8, 4) is 0 Å². The van der Waals surface area contributed by atoms with Crippen molar-refractivity contribution in [2.75, 3.05) is 38.0 Å². The number of amides is 2. The van der Waals surface area contributed by atoms with E-state index in [-0.39, 0.29) is 11.8 Å². The molecule has 6 heteroatoms. The van der Waals surface area contributed by atoms with E-state index in [0.717, 1.165) is 5.69 Å². The third-order valence-corrected chi connectivity index (χ3v) is 4.60. The summed E-state index contributed by atoms with van der Waals surface area (Å²) in [5, 5.41) is 2.96. The minimum absolute atomic E-state index is 0.0308. The zero-order valence-electron chi connectivity index (χ0n) is 15.3. The van der Waals surface area contributed by atoms with Crippen molar-refractivity contribution in [1.82, 2.24) is 9.80 Å². The van der Waals surface area contributed by atoms with Crippen LogP contribution in [0.4, 0.5) is 5.69 Å². The number of benzene rings is 1. The molecule has 1 aromatic carbocycles. The minimum atomic E-state index is -0.0930. The van der Waals surface area contributed by atoms with Crippen LogP contribution >= 0.6 is 0 Å². The fourth-order valence-electron chi connectivity index (χ4n) is 3.04. The fourth-order valence-corrected chi connectivity index (χ4v) is 3.04. The van der Waals surface area contributed by atoms with Gasteiger partial charge in [-0.05, 0) is 35.7 Å². The van der Waals surface area contributed by atoms with Gasteiger partial charge in [0, 0.05) is 31.9 Å². The molecule has 1 N–H and O–H groups in total. The Labute approximate surface area is 153 Å². The highest BCUT2D eigenvalue weighted by Gasteiger charge is 2.24. The van der Waals surface area contributed by atoms with Crippen molar-refractivity contribution >= 4 is 17.5 Å². The maximum Gasteiger partial charge on any atom is 0.289 e. The highest BCUT2D eigenvalue weighted by molar-refractivity contribution is 5.92. The molecule has 2 aromatic rings. The van der Waals surface area contributed by atoms with E-state index < -0.39 is 0 Å². The molecule has 26 heavy (non-hydrogen) atoms. The lowest BCUT2D eigenvalue weighted by Gasteiger charge is -2.33. The SMILES string of the molecule is CC(C)c1cccc(NC(=O)CN2CCN(C(=O)c3ccco3)CC2)c1. The van der Waals surface area contributed by atoms with Crippen LogP contribution in [0.25, 0.3) is 0 Å². The number of carbonyl (C=O) groups excluding carboxylic acids is 2. The first-order valence-corrected chi connectivity index (χ1v) is 8.98. The molecular weight excluding hydrogens is 330 g/mol. The Bertz CT molecular complexity index is 747. The van der Waals surface area contributed by atoms with Crippen molar-refractivity contribution in [2.24, 2.45) is 0 Å². The van der Waals surface area contributed by atoms with Gasteiger partial charge in [-0.25, -0.2) is 0 Å². The van der Waals surface area contributed by atoms with Crippen molar-refractivity contribution in [2.45, 2.75) is 19.8 Å². The number of rotatable bonds is 5. The number of piperazine rings is 1. The van der Waals surface area contributed by atoms with Crippen molar-refractivity contribution in [1.29, 1.82) is 0 Å². The third kappa shape index (κ3) is 4.52. The molecule has 0 unspecified atom stereocenters. The van der Waals surface area contributed by atoms with Gasteiger partial charge in [0.2, 0.25) is 5.91 Å². The van der Waals surface area contributed by atoms with Crippen LogP contribution in [0.1, 0.15) is 35.9 Å². The van der Waals surface area contributed by atoms with Gasteiger partial charge in [-0.3, -0.25) is 14.5 Å². The highest BCUT2D eigenvalue weighted by Crippen LogP contribution is 2.18. The number of nitrogens with zero attached hydrogens (tertiary/aromatic N) is 2. The summed E-state index contributed by atoms with van der Waals surface area (Å²) < 4.78 is 5.16. The van der Waals surface area contributed by atoms with Gasteiger partial charge in [-0.2, -0.15) is 0 Å². The molecule has 0 spiro atoms. The van der Waals surface area contributed by atoms with E-state index in [4.69, 9.17) is 4.42 Å². The smallest absolute Gasteiger partial charge is 0.289 e. The van der Waals surface area contributed by atoms with E-state index in [1.807, 2.05) is 18.2 Å². The van der Waals surface area contributed by atoms with Crippen molar-refractivity contribution < 1.29 is 14.0 Å². The number of hydrogen-bond donors (Lipinski definition) is 1. The molecule has 0 saturated carbocycles. The summed E-state index contributed by atoms with van der Waals surface area (Å²) in [7, 11) is 0. The van der Waals surface area contributed by atoms with Crippen LogP contribution in [0.2, 0.25) is 0 Å². The van der Waals surface area contributed by atoms with Gasteiger partial charge in [0.05, 0.1) is 12.8 Å². The van der Waals surface area contributed by atoms with Crippen LogP contribution in [0.3, 0.4) is 0 Å². The van der Waals surface area contributed by atoms with Crippen LogP contribution < -0.4 is 5.32 Å². The molecule has 3 rings (SSSR count). The Hall–Kier alpha value is -2.60. The molecule has 6 nitrogen and oxygen atoms in total. The Morgan fingerprint density at radius 1 is 1.12 bits per heavy atom. The Morgan fingerprint density at radius 2 is 1.88 bits per heavy atom. The lowest BCUT2D eigenvalue weighted by atomic mass is 10.0. The van der Waals surface area contributed by atoms with Gasteiger partial charge < -0.3 is 14.6 Å². The number of nitrogens with one attached hydrogen (secondary N) is 1. The molecule has 1 saturated heterocycles. The summed E-state index contributed by atoms with van der Waals surface area (Å²) in [5.41, 5.74) is 2.03. The van der Waals surface area contributed by atoms with E-state index >= 15 is 0 Å². The normalized spacial score (nSPS) is 15.3.